The molecule has 8 atom stereocenters. The van der Waals surface area contributed by atoms with Crippen LogP contribution in [0.25, 0.3) is 0 Å². The largest absolute Gasteiger partial charge is 0.458 e. The van der Waals surface area contributed by atoms with Gasteiger partial charge < -0.3 is 9.47 Å². The van der Waals surface area contributed by atoms with E-state index in [-0.39, 0.29) is 41.7 Å². The first kappa shape index (κ1) is 22.9. The monoisotopic (exact) mass is 498 g/mol. The van der Waals surface area contributed by atoms with Crippen molar-refractivity contribution in [1.82, 2.24) is 0 Å². The summed E-state index contributed by atoms with van der Waals surface area (Å²) in [6.07, 6.45) is 4.32. The molecule has 0 radical (unpaired) electrons. The second kappa shape index (κ2) is 6.97. The van der Waals surface area contributed by atoms with Crippen LogP contribution in [-0.2, 0) is 28.7 Å². The highest BCUT2D eigenvalue weighted by Gasteiger charge is 2.70. The van der Waals surface area contributed by atoms with Gasteiger partial charge in [-0.3, -0.25) is 9.59 Å². The van der Waals surface area contributed by atoms with Gasteiger partial charge in [0.25, 0.3) is 0 Å². The number of carbonyl (C=O) groups excluding carboxylic acids is 4. The highest BCUT2D eigenvalue weighted by Crippen LogP contribution is 2.69. The Hall–Kier alpha value is -3.28. The Bertz CT molecular complexity index is 1390. The molecule has 2 saturated carbocycles. The molecule has 2 aliphatic heterocycles. The first-order valence-corrected chi connectivity index (χ1v) is 13.2. The van der Waals surface area contributed by atoms with Crippen LogP contribution in [0.2, 0.25) is 0 Å². The van der Waals surface area contributed by atoms with Gasteiger partial charge in [-0.25, -0.2) is 9.59 Å². The van der Waals surface area contributed by atoms with Crippen molar-refractivity contribution in [2.24, 2.45) is 34.5 Å². The highest BCUT2D eigenvalue weighted by atomic mass is 16.6. The summed E-state index contributed by atoms with van der Waals surface area (Å²) in [4.78, 5) is 53.7. The van der Waals surface area contributed by atoms with Crippen LogP contribution in [0, 0.1) is 34.5 Å². The van der Waals surface area contributed by atoms with Crippen molar-refractivity contribution in [2.45, 2.75) is 57.7 Å². The molecular weight excluding hydrogens is 468 g/mol. The first-order chi connectivity index (χ1) is 17.5. The molecule has 7 rings (SSSR count). The van der Waals surface area contributed by atoms with Crippen molar-refractivity contribution in [3.63, 3.8) is 0 Å². The number of Topliss-reactive ketones (excluding diaryl/α,β-unsaturated/α-hetero) is 2. The van der Waals surface area contributed by atoms with Crippen LogP contribution in [0.15, 0.2) is 71.4 Å². The molecule has 2 saturated heterocycles. The molecule has 4 fully saturated rings. The van der Waals surface area contributed by atoms with Crippen LogP contribution in [0.1, 0.15) is 45.4 Å². The standard InChI is InChI=1S/C31H30O6/c1-13-6-8-18-14(2)28(34)36-26(18)23-20(13)12-21(32)31(23)11-10-17-7-9-19-15(3)29(35)37-27(19)30(5)16(4)25(33)24(31)22(17)30/h7,18-20,23,26-27H,1-4,6,8-12H2,5H3/t18-,19+,20?,23-,26+,27-,30+,31-/m1/s1. The molecule has 2 heterocycles. The fraction of sp³-hybridized carbons (Fsp3) is 0.484. The lowest BCUT2D eigenvalue weighted by Gasteiger charge is -2.44. The summed E-state index contributed by atoms with van der Waals surface area (Å²) < 4.78 is 11.8. The number of ether oxygens (including phenoxy) is 2. The van der Waals surface area contributed by atoms with Gasteiger partial charge in [0.15, 0.2) is 5.78 Å². The maximum Gasteiger partial charge on any atom is 0.334 e. The van der Waals surface area contributed by atoms with Crippen molar-refractivity contribution in [3.05, 3.63) is 71.4 Å². The number of allylic oxidation sites excluding steroid dienone is 4. The molecule has 1 unspecified atom stereocenters. The van der Waals surface area contributed by atoms with Crippen LogP contribution in [-0.4, -0.2) is 35.7 Å². The molecule has 0 N–H and O–H groups in total. The minimum absolute atomic E-state index is 0.0124. The third-order valence-electron chi connectivity index (χ3n) is 10.9. The maximum absolute atomic E-state index is 14.3. The zero-order valence-electron chi connectivity index (χ0n) is 21.1. The highest BCUT2D eigenvalue weighted by molar-refractivity contribution is 6.19. The van der Waals surface area contributed by atoms with Crippen molar-refractivity contribution in [3.8, 4) is 0 Å². The Labute approximate surface area is 215 Å². The van der Waals surface area contributed by atoms with E-state index in [2.05, 4.69) is 32.4 Å². The van der Waals surface area contributed by atoms with Gasteiger partial charge in [0, 0.05) is 46.5 Å². The molecule has 1 spiro atoms. The summed E-state index contributed by atoms with van der Waals surface area (Å²) >= 11 is 0. The molecule has 37 heavy (non-hydrogen) atoms. The van der Waals surface area contributed by atoms with Gasteiger partial charge in [0.05, 0.1) is 10.8 Å². The summed E-state index contributed by atoms with van der Waals surface area (Å²) in [5, 5.41) is 0. The Morgan fingerprint density at radius 3 is 2.35 bits per heavy atom. The van der Waals surface area contributed by atoms with Crippen LogP contribution >= 0.6 is 0 Å². The lowest BCUT2D eigenvalue weighted by atomic mass is 9.58. The van der Waals surface area contributed by atoms with Gasteiger partial charge in [-0.1, -0.05) is 38.0 Å². The molecule has 0 aromatic rings. The van der Waals surface area contributed by atoms with E-state index in [9.17, 15) is 19.2 Å². The van der Waals surface area contributed by atoms with E-state index in [4.69, 9.17) is 9.47 Å². The maximum atomic E-state index is 14.3. The van der Waals surface area contributed by atoms with Crippen molar-refractivity contribution in [1.29, 1.82) is 0 Å². The summed E-state index contributed by atoms with van der Waals surface area (Å²) in [5.74, 6) is -2.08. The lowest BCUT2D eigenvalue weighted by Crippen LogP contribution is -2.47. The van der Waals surface area contributed by atoms with E-state index in [1.165, 1.54) is 0 Å². The van der Waals surface area contributed by atoms with Gasteiger partial charge in [-0.15, -0.1) is 0 Å². The third-order valence-corrected chi connectivity index (χ3v) is 10.9. The van der Waals surface area contributed by atoms with Crippen LogP contribution < -0.4 is 0 Å². The number of fused-ring (bicyclic) bond motifs is 7. The van der Waals surface area contributed by atoms with Crippen LogP contribution in [0.3, 0.4) is 0 Å². The van der Waals surface area contributed by atoms with E-state index in [0.717, 1.165) is 16.7 Å². The Kier molecular flexibility index (Phi) is 4.31. The van der Waals surface area contributed by atoms with Gasteiger partial charge in [-0.2, -0.15) is 0 Å². The summed E-state index contributed by atoms with van der Waals surface area (Å²) in [7, 11) is 0. The van der Waals surface area contributed by atoms with E-state index < -0.39 is 35.0 Å². The number of hydrogen-bond acceptors (Lipinski definition) is 6. The SMILES string of the molecule is C=C1CC[C@@H]2C(=C)C(=O)O[C@@H]2[C@H]2C1CC(=O)[C@]21CCC2=CC[C@H]3C(=C)C(=O)O[C@H]3[C@@]3(C)C(=C)C(=O)C1=C23. The molecule has 190 valence electrons. The fourth-order valence-corrected chi connectivity index (χ4v) is 8.97. The number of hydrogen-bond donors (Lipinski definition) is 0. The topological polar surface area (TPSA) is 86.7 Å². The number of rotatable bonds is 0. The molecular formula is C31H30O6. The number of carbonyl (C=O) groups is 4. The molecule has 0 bridgehead atoms. The first-order valence-electron chi connectivity index (χ1n) is 13.2. The Morgan fingerprint density at radius 2 is 1.59 bits per heavy atom. The van der Waals surface area contributed by atoms with Crippen molar-refractivity contribution >= 4 is 23.5 Å². The van der Waals surface area contributed by atoms with E-state index >= 15 is 0 Å². The molecule has 7 aliphatic rings. The van der Waals surface area contributed by atoms with E-state index in [1.54, 1.807) is 0 Å². The van der Waals surface area contributed by atoms with Gasteiger partial charge >= 0.3 is 11.9 Å². The second-order valence-electron chi connectivity index (χ2n) is 12.1. The summed E-state index contributed by atoms with van der Waals surface area (Å²) in [6, 6.07) is 0. The predicted octanol–water partition coefficient (Wildman–Crippen LogP) is 4.29. The zero-order valence-corrected chi connectivity index (χ0v) is 21.1. The van der Waals surface area contributed by atoms with Crippen LogP contribution in [0.5, 0.6) is 0 Å². The third kappa shape index (κ3) is 2.43. The van der Waals surface area contributed by atoms with Crippen molar-refractivity contribution < 1.29 is 28.7 Å². The molecule has 5 aliphatic carbocycles. The average molecular weight is 499 g/mol. The normalized spacial score (nSPS) is 44.3. The number of ketones is 2. The summed E-state index contributed by atoms with van der Waals surface area (Å²) in [6.45, 7) is 18.5. The van der Waals surface area contributed by atoms with Gasteiger partial charge in [0.1, 0.15) is 18.0 Å². The van der Waals surface area contributed by atoms with E-state index in [0.29, 0.717) is 54.4 Å². The minimum Gasteiger partial charge on any atom is -0.458 e. The average Bonchev–Trinajstić information content (AvgIpc) is 3.43. The van der Waals surface area contributed by atoms with Gasteiger partial charge in [0.2, 0.25) is 0 Å². The van der Waals surface area contributed by atoms with Crippen LogP contribution in [0.4, 0.5) is 0 Å². The minimum atomic E-state index is -1.10. The molecule has 0 aromatic heterocycles. The number of esters is 2. The quantitative estimate of drug-likeness (QED) is 0.281. The van der Waals surface area contributed by atoms with Crippen molar-refractivity contribution in [2.75, 3.05) is 0 Å². The molecule has 0 aromatic carbocycles. The molecule has 0 amide bonds. The fourth-order valence-electron chi connectivity index (χ4n) is 8.97. The smallest absolute Gasteiger partial charge is 0.334 e. The molecule has 6 nitrogen and oxygen atoms in total. The second-order valence-corrected chi connectivity index (χ2v) is 12.1. The predicted molar refractivity (Wildman–Crippen MR) is 134 cm³/mol. The molecule has 6 heteroatoms. The van der Waals surface area contributed by atoms with Gasteiger partial charge in [-0.05, 0) is 56.1 Å². The zero-order chi connectivity index (χ0) is 26.2. The Balaban J connectivity index is 1.49. The lowest BCUT2D eigenvalue weighted by molar-refractivity contribution is -0.145. The summed E-state index contributed by atoms with van der Waals surface area (Å²) in [5.41, 5.74) is 2.48. The Morgan fingerprint density at radius 1 is 0.892 bits per heavy atom. The van der Waals surface area contributed by atoms with E-state index in [1.807, 2.05) is 6.92 Å².